The number of carbonyl (C=O) groups is 1. The number of primary amides is 1. The van der Waals surface area contributed by atoms with Crippen molar-refractivity contribution in [2.24, 2.45) is 5.73 Å². The number of hydrogen-bond acceptors (Lipinski definition) is 3. The number of nitrogens with zero attached hydrogens (tertiary/aromatic N) is 1. The van der Waals surface area contributed by atoms with E-state index in [0.29, 0.717) is 12.1 Å². The van der Waals surface area contributed by atoms with Gasteiger partial charge in [-0.05, 0) is 26.2 Å². The lowest BCUT2D eigenvalue weighted by Gasteiger charge is -2.16. The van der Waals surface area contributed by atoms with E-state index in [-0.39, 0.29) is 5.56 Å². The van der Waals surface area contributed by atoms with Crippen LogP contribution in [0.2, 0.25) is 0 Å². The second-order valence-electron chi connectivity index (χ2n) is 4.01. The molecule has 0 aliphatic heterocycles. The molecule has 1 rings (SSSR count). The van der Waals surface area contributed by atoms with E-state index < -0.39 is 11.7 Å². The summed E-state index contributed by atoms with van der Waals surface area (Å²) in [6.45, 7) is 2.18. The Morgan fingerprint density at radius 2 is 2.24 bits per heavy atom. The minimum absolute atomic E-state index is 0.198. The molecule has 1 amide bonds. The van der Waals surface area contributed by atoms with Gasteiger partial charge in [-0.2, -0.15) is 0 Å². The van der Waals surface area contributed by atoms with Crippen molar-refractivity contribution in [3.8, 4) is 0 Å². The van der Waals surface area contributed by atoms with E-state index in [1.165, 1.54) is 6.07 Å². The van der Waals surface area contributed by atoms with E-state index in [1.54, 1.807) is 12.1 Å². The summed E-state index contributed by atoms with van der Waals surface area (Å²) < 4.78 is 13.6. The first-order chi connectivity index (χ1) is 8.04. The van der Waals surface area contributed by atoms with Gasteiger partial charge in [0, 0.05) is 30.8 Å². The Hall–Kier alpha value is -1.46. The minimum Gasteiger partial charge on any atom is -0.366 e. The Bertz CT molecular complexity index is 395. The minimum atomic E-state index is -0.612. The van der Waals surface area contributed by atoms with E-state index in [4.69, 9.17) is 5.73 Å². The molecule has 0 fully saturated rings. The summed E-state index contributed by atoms with van der Waals surface area (Å²) in [6.07, 6.45) is 0. The summed E-state index contributed by atoms with van der Waals surface area (Å²) in [5, 5.41) is 3.03. The number of benzene rings is 1. The average Bonchev–Trinajstić information content (AvgIpc) is 2.28. The summed E-state index contributed by atoms with van der Waals surface area (Å²) in [5.41, 5.74) is 5.84. The molecule has 0 unspecified atom stereocenters. The zero-order chi connectivity index (χ0) is 12.8. The third-order valence-electron chi connectivity index (χ3n) is 2.52. The van der Waals surface area contributed by atoms with E-state index in [2.05, 4.69) is 5.32 Å². The second-order valence-corrected chi connectivity index (χ2v) is 4.01. The lowest BCUT2D eigenvalue weighted by molar-refractivity contribution is 0.1000. The lowest BCUT2D eigenvalue weighted by atomic mass is 10.1. The summed E-state index contributed by atoms with van der Waals surface area (Å²) in [5.74, 6) is -1.00. The maximum Gasteiger partial charge on any atom is 0.248 e. The summed E-state index contributed by atoms with van der Waals surface area (Å²) in [6, 6.07) is 4.33. The van der Waals surface area contributed by atoms with Gasteiger partial charge in [-0.25, -0.2) is 4.39 Å². The number of amides is 1. The number of likely N-dealkylation sites (N-methyl/N-ethyl adjacent to an activating group) is 2. The molecular weight excluding hydrogens is 221 g/mol. The third kappa shape index (κ3) is 4.13. The maximum absolute atomic E-state index is 13.6. The molecule has 0 radical (unpaired) electrons. The van der Waals surface area contributed by atoms with E-state index in [1.807, 2.05) is 19.0 Å². The number of rotatable bonds is 6. The van der Waals surface area contributed by atoms with E-state index in [0.717, 1.165) is 13.1 Å². The predicted molar refractivity (Wildman–Crippen MR) is 65.2 cm³/mol. The highest BCUT2D eigenvalue weighted by atomic mass is 19.1. The van der Waals surface area contributed by atoms with Crippen molar-refractivity contribution >= 4 is 5.91 Å². The molecule has 0 aliphatic carbocycles. The topological polar surface area (TPSA) is 58.4 Å². The molecule has 17 heavy (non-hydrogen) atoms. The van der Waals surface area contributed by atoms with Crippen LogP contribution in [0.5, 0.6) is 0 Å². The molecule has 0 aromatic heterocycles. The second kappa shape index (κ2) is 6.32. The molecule has 0 heterocycles. The van der Waals surface area contributed by atoms with Crippen molar-refractivity contribution in [2.75, 3.05) is 27.2 Å². The number of halogens is 1. The molecule has 3 N–H and O–H groups in total. The Balaban J connectivity index is 2.69. The molecule has 5 heteroatoms. The van der Waals surface area contributed by atoms with Crippen molar-refractivity contribution in [3.63, 3.8) is 0 Å². The summed E-state index contributed by atoms with van der Waals surface area (Å²) in [7, 11) is 3.79. The smallest absolute Gasteiger partial charge is 0.248 e. The number of carbonyl (C=O) groups excluding carboxylic acids is 1. The molecule has 0 atom stereocenters. The van der Waals surface area contributed by atoms with Gasteiger partial charge in [-0.15, -0.1) is 0 Å². The van der Waals surface area contributed by atoms with Gasteiger partial charge in [0.2, 0.25) is 5.91 Å². The molecule has 0 saturated heterocycles. The highest BCUT2D eigenvalue weighted by Crippen LogP contribution is 2.12. The van der Waals surface area contributed by atoms with Crippen molar-refractivity contribution in [3.05, 3.63) is 35.1 Å². The van der Waals surface area contributed by atoms with Gasteiger partial charge < -0.3 is 16.0 Å². The Morgan fingerprint density at radius 3 is 2.76 bits per heavy atom. The molecule has 0 saturated carbocycles. The summed E-state index contributed by atoms with van der Waals surface area (Å²) in [4.78, 5) is 12.9. The van der Waals surface area contributed by atoms with Crippen LogP contribution in [0.15, 0.2) is 18.2 Å². The SMILES string of the molecule is CNCCN(C)Cc1ccc(C(N)=O)cc1F. The average molecular weight is 239 g/mol. The van der Waals surface area contributed by atoms with Gasteiger partial charge in [0.25, 0.3) is 0 Å². The fourth-order valence-corrected chi connectivity index (χ4v) is 1.50. The van der Waals surface area contributed by atoms with Crippen LogP contribution < -0.4 is 11.1 Å². The number of nitrogens with two attached hydrogens (primary N) is 1. The monoisotopic (exact) mass is 239 g/mol. The predicted octanol–water partition coefficient (Wildman–Crippen LogP) is 0.576. The molecule has 0 aliphatic rings. The molecule has 1 aromatic carbocycles. The highest BCUT2D eigenvalue weighted by molar-refractivity contribution is 5.92. The number of nitrogens with one attached hydrogen (secondary N) is 1. The fraction of sp³-hybridized carbons (Fsp3) is 0.417. The van der Waals surface area contributed by atoms with Crippen LogP contribution in [0.4, 0.5) is 4.39 Å². The standard InChI is InChI=1S/C12H18FN3O/c1-15-5-6-16(2)8-10-4-3-9(12(14)17)7-11(10)13/h3-4,7,15H,5-6,8H2,1-2H3,(H2,14,17). The van der Waals surface area contributed by atoms with Crippen LogP contribution in [0.3, 0.4) is 0 Å². The normalized spacial score (nSPS) is 10.8. The van der Waals surface area contributed by atoms with Gasteiger partial charge in [0.15, 0.2) is 0 Å². The van der Waals surface area contributed by atoms with E-state index >= 15 is 0 Å². The molecule has 1 aromatic rings. The van der Waals surface area contributed by atoms with Crippen molar-refractivity contribution in [1.29, 1.82) is 0 Å². The van der Waals surface area contributed by atoms with Gasteiger partial charge in [0.1, 0.15) is 5.82 Å². The highest BCUT2D eigenvalue weighted by Gasteiger charge is 2.08. The Morgan fingerprint density at radius 1 is 1.53 bits per heavy atom. The van der Waals surface area contributed by atoms with Crippen molar-refractivity contribution in [1.82, 2.24) is 10.2 Å². The fourth-order valence-electron chi connectivity index (χ4n) is 1.50. The third-order valence-corrected chi connectivity index (χ3v) is 2.52. The van der Waals surface area contributed by atoms with Crippen LogP contribution in [0.1, 0.15) is 15.9 Å². The largest absolute Gasteiger partial charge is 0.366 e. The molecule has 4 nitrogen and oxygen atoms in total. The molecular formula is C12H18FN3O. The first-order valence-corrected chi connectivity index (χ1v) is 5.46. The van der Waals surface area contributed by atoms with Gasteiger partial charge in [-0.3, -0.25) is 4.79 Å². The maximum atomic E-state index is 13.6. The molecule has 0 spiro atoms. The first-order valence-electron chi connectivity index (χ1n) is 5.46. The van der Waals surface area contributed by atoms with Crippen molar-refractivity contribution in [2.45, 2.75) is 6.54 Å². The van der Waals surface area contributed by atoms with Crippen LogP contribution >= 0.6 is 0 Å². The van der Waals surface area contributed by atoms with Gasteiger partial charge >= 0.3 is 0 Å². The van der Waals surface area contributed by atoms with Crippen LogP contribution in [0.25, 0.3) is 0 Å². The van der Waals surface area contributed by atoms with Gasteiger partial charge in [-0.1, -0.05) is 6.07 Å². The number of hydrogen-bond donors (Lipinski definition) is 2. The van der Waals surface area contributed by atoms with Crippen LogP contribution in [-0.4, -0.2) is 38.0 Å². The summed E-state index contributed by atoms with van der Waals surface area (Å²) >= 11 is 0. The van der Waals surface area contributed by atoms with Crippen LogP contribution in [0, 0.1) is 5.82 Å². The van der Waals surface area contributed by atoms with Crippen molar-refractivity contribution < 1.29 is 9.18 Å². The van der Waals surface area contributed by atoms with E-state index in [9.17, 15) is 9.18 Å². The van der Waals surface area contributed by atoms with Gasteiger partial charge in [0.05, 0.1) is 0 Å². The zero-order valence-electron chi connectivity index (χ0n) is 10.2. The first kappa shape index (κ1) is 13.6. The Labute approximate surface area is 101 Å². The zero-order valence-corrected chi connectivity index (χ0v) is 10.2. The molecule has 0 bridgehead atoms. The van der Waals surface area contributed by atoms with Crippen LogP contribution in [-0.2, 0) is 6.54 Å². The quantitative estimate of drug-likeness (QED) is 0.763. The molecule has 94 valence electrons. The lowest BCUT2D eigenvalue weighted by Crippen LogP contribution is -2.27. The Kier molecular flexibility index (Phi) is 5.06.